The van der Waals surface area contributed by atoms with Crippen LogP contribution in [0.1, 0.15) is 42.5 Å². The monoisotopic (exact) mass is 492 g/mol. The maximum Gasteiger partial charge on any atom is 0.241 e. The molecule has 1 saturated heterocycles. The fraction of sp³-hybridized carbons (Fsp3) is 0.423. The molecule has 1 atom stereocenters. The van der Waals surface area contributed by atoms with Gasteiger partial charge in [0.25, 0.3) is 0 Å². The minimum atomic E-state index is -3.83. The Morgan fingerprint density at radius 2 is 2.03 bits per heavy atom. The van der Waals surface area contributed by atoms with E-state index in [0.29, 0.717) is 54.5 Å². The van der Waals surface area contributed by atoms with Gasteiger partial charge in [0, 0.05) is 52.7 Å². The minimum Gasteiger partial charge on any atom is -0.380 e. The number of ether oxygens (including phenoxy) is 1. The average Bonchev–Trinajstić information content (AvgIpc) is 3.59. The number of aromatic nitrogens is 2. The van der Waals surface area contributed by atoms with Crippen LogP contribution in [0.4, 0.5) is 5.69 Å². The van der Waals surface area contributed by atoms with Gasteiger partial charge in [-0.2, -0.15) is 0 Å². The van der Waals surface area contributed by atoms with Gasteiger partial charge in [0.1, 0.15) is 0 Å². The Labute approximate surface area is 204 Å². The Balaban J connectivity index is 1.38. The van der Waals surface area contributed by atoms with Crippen molar-refractivity contribution in [2.75, 3.05) is 25.1 Å². The van der Waals surface area contributed by atoms with Crippen LogP contribution >= 0.6 is 0 Å². The summed E-state index contributed by atoms with van der Waals surface area (Å²) in [6, 6.07) is 7.50. The molecule has 1 amide bonds. The highest BCUT2D eigenvalue weighted by Gasteiger charge is 2.38. The summed E-state index contributed by atoms with van der Waals surface area (Å²) in [5, 5.41) is 4.40. The summed E-state index contributed by atoms with van der Waals surface area (Å²) in [7, 11) is -3.83. The second-order valence-electron chi connectivity index (χ2n) is 10.4. The predicted octanol–water partition coefficient (Wildman–Crippen LogP) is 3.18. The fourth-order valence-corrected chi connectivity index (χ4v) is 6.72. The van der Waals surface area contributed by atoms with Crippen LogP contribution in [0.5, 0.6) is 0 Å². The first-order valence-electron chi connectivity index (χ1n) is 12.0. The van der Waals surface area contributed by atoms with Crippen molar-refractivity contribution in [3.05, 3.63) is 59.7 Å². The molecule has 2 aromatic heterocycles. The average molecular weight is 493 g/mol. The zero-order valence-electron chi connectivity index (χ0n) is 19.6. The van der Waals surface area contributed by atoms with E-state index in [2.05, 4.69) is 20.0 Å². The zero-order valence-corrected chi connectivity index (χ0v) is 20.4. The van der Waals surface area contributed by atoms with Crippen molar-refractivity contribution in [1.82, 2.24) is 14.7 Å². The van der Waals surface area contributed by atoms with E-state index in [9.17, 15) is 13.2 Å². The summed E-state index contributed by atoms with van der Waals surface area (Å²) in [6.45, 7) is 3.40. The van der Waals surface area contributed by atoms with Gasteiger partial charge in [-0.25, -0.2) is 13.1 Å². The van der Waals surface area contributed by atoms with E-state index in [1.165, 1.54) is 0 Å². The van der Waals surface area contributed by atoms with Crippen LogP contribution < -0.4 is 10.0 Å². The molecule has 182 valence electrons. The lowest BCUT2D eigenvalue weighted by atomic mass is 9.89. The molecule has 35 heavy (non-hydrogen) atoms. The van der Waals surface area contributed by atoms with E-state index in [4.69, 9.17) is 4.74 Å². The molecule has 9 heteroatoms. The van der Waals surface area contributed by atoms with Crippen LogP contribution in [0.2, 0.25) is 0 Å². The molecule has 3 heterocycles. The number of anilines is 1. The maximum atomic E-state index is 13.8. The minimum absolute atomic E-state index is 0.134. The second kappa shape index (κ2) is 8.36. The van der Waals surface area contributed by atoms with Gasteiger partial charge in [-0.1, -0.05) is 6.92 Å². The number of pyridine rings is 2. The van der Waals surface area contributed by atoms with E-state index in [0.717, 1.165) is 35.0 Å². The molecule has 0 radical (unpaired) electrons. The molecular formula is C26H28N4O4S. The summed E-state index contributed by atoms with van der Waals surface area (Å²) >= 11 is 0. The van der Waals surface area contributed by atoms with Gasteiger partial charge >= 0.3 is 0 Å². The molecule has 8 nitrogen and oxygen atoms in total. The van der Waals surface area contributed by atoms with Gasteiger partial charge in [-0.3, -0.25) is 14.8 Å². The highest BCUT2D eigenvalue weighted by Crippen LogP contribution is 2.42. The van der Waals surface area contributed by atoms with Crippen molar-refractivity contribution in [3.63, 3.8) is 0 Å². The van der Waals surface area contributed by atoms with Crippen molar-refractivity contribution in [2.45, 2.75) is 43.4 Å². The number of benzene rings is 1. The molecule has 2 aliphatic carbocycles. The van der Waals surface area contributed by atoms with Crippen molar-refractivity contribution in [2.24, 2.45) is 11.3 Å². The number of carbonyl (C=O) groups excluding carboxylic acids is 1. The standard InChI is InChI=1S/C26H28N4O4S/c1-26(14-34-15-26)13-29-35(32,33)24-21-9-18(25(31)30-20-3-2-6-27-12-20)7-17(21)8-19-11-28-23(10-22(19)24)16-4-5-16/h2-3,6,8,10-12,16,18,29H,4-5,7,9,13-15H2,1H3,(H,30,31). The summed E-state index contributed by atoms with van der Waals surface area (Å²) in [6.07, 6.45) is 8.05. The predicted molar refractivity (Wildman–Crippen MR) is 132 cm³/mol. The maximum absolute atomic E-state index is 13.8. The van der Waals surface area contributed by atoms with E-state index in [1.807, 2.05) is 19.1 Å². The number of rotatable bonds is 7. The molecule has 1 unspecified atom stereocenters. The largest absolute Gasteiger partial charge is 0.380 e. The topological polar surface area (TPSA) is 110 Å². The van der Waals surface area contributed by atoms with Gasteiger partial charge in [0.15, 0.2) is 0 Å². The van der Waals surface area contributed by atoms with Crippen molar-refractivity contribution >= 4 is 32.4 Å². The molecular weight excluding hydrogens is 464 g/mol. The number of carbonyl (C=O) groups is 1. The molecule has 6 rings (SSSR count). The van der Waals surface area contributed by atoms with Gasteiger partial charge in [0.05, 0.1) is 30.0 Å². The first kappa shape index (κ1) is 22.6. The van der Waals surface area contributed by atoms with Crippen LogP contribution in [-0.2, 0) is 32.4 Å². The second-order valence-corrected chi connectivity index (χ2v) is 12.1. The number of nitrogens with zero attached hydrogens (tertiary/aromatic N) is 2. The van der Waals surface area contributed by atoms with Crippen molar-refractivity contribution in [1.29, 1.82) is 0 Å². The SMILES string of the molecule is CC1(CNS(=O)(=O)c2c3c(cc4cnc(C5CC5)cc24)CC(C(=O)Nc2cccnc2)C3)COC1. The lowest BCUT2D eigenvalue weighted by molar-refractivity contribution is -0.119. The van der Waals surface area contributed by atoms with Gasteiger partial charge in [0.2, 0.25) is 15.9 Å². The summed E-state index contributed by atoms with van der Waals surface area (Å²) < 4.78 is 35.7. The summed E-state index contributed by atoms with van der Waals surface area (Å²) in [5.41, 5.74) is 3.00. The zero-order chi connectivity index (χ0) is 24.2. The molecule has 3 aromatic rings. The Morgan fingerprint density at radius 1 is 1.20 bits per heavy atom. The van der Waals surface area contributed by atoms with Crippen LogP contribution in [-0.4, -0.2) is 44.1 Å². The molecule has 0 spiro atoms. The lowest BCUT2D eigenvalue weighted by Crippen LogP contribution is -2.48. The van der Waals surface area contributed by atoms with Crippen LogP contribution in [0.25, 0.3) is 10.8 Å². The van der Waals surface area contributed by atoms with E-state index < -0.39 is 10.0 Å². The van der Waals surface area contributed by atoms with Crippen molar-refractivity contribution < 1.29 is 17.9 Å². The molecule has 1 saturated carbocycles. The first-order valence-corrected chi connectivity index (χ1v) is 13.5. The number of hydrogen-bond donors (Lipinski definition) is 2. The normalized spacial score (nSPS) is 20.9. The highest BCUT2D eigenvalue weighted by atomic mass is 32.2. The van der Waals surface area contributed by atoms with Gasteiger partial charge in [-0.15, -0.1) is 0 Å². The molecule has 2 fully saturated rings. The number of hydrogen-bond acceptors (Lipinski definition) is 6. The van der Waals surface area contributed by atoms with E-state index in [-0.39, 0.29) is 17.2 Å². The quantitative estimate of drug-likeness (QED) is 0.524. The smallest absolute Gasteiger partial charge is 0.241 e. The lowest BCUT2D eigenvalue weighted by Gasteiger charge is -2.38. The molecule has 2 N–H and O–H groups in total. The van der Waals surface area contributed by atoms with Gasteiger partial charge < -0.3 is 10.1 Å². The Hall–Kier alpha value is -2.88. The molecule has 0 bridgehead atoms. The summed E-state index contributed by atoms with van der Waals surface area (Å²) in [4.78, 5) is 22.0. The Kier molecular flexibility index (Phi) is 5.39. The molecule has 1 aromatic carbocycles. The van der Waals surface area contributed by atoms with Gasteiger partial charge in [-0.05, 0) is 61.1 Å². The Bertz CT molecular complexity index is 1420. The fourth-order valence-electron chi connectivity index (χ4n) is 5.04. The Morgan fingerprint density at radius 3 is 2.71 bits per heavy atom. The van der Waals surface area contributed by atoms with Crippen molar-refractivity contribution in [3.8, 4) is 0 Å². The third kappa shape index (κ3) is 4.32. The van der Waals surface area contributed by atoms with E-state index >= 15 is 0 Å². The number of fused-ring (bicyclic) bond motifs is 2. The third-order valence-electron chi connectivity index (χ3n) is 7.26. The number of sulfonamides is 1. The van der Waals surface area contributed by atoms with Crippen LogP contribution in [0.3, 0.4) is 0 Å². The van der Waals surface area contributed by atoms with E-state index in [1.54, 1.807) is 30.7 Å². The van der Waals surface area contributed by atoms with Crippen LogP contribution in [0.15, 0.2) is 47.8 Å². The van der Waals surface area contributed by atoms with Crippen LogP contribution in [0, 0.1) is 11.3 Å². The summed E-state index contributed by atoms with van der Waals surface area (Å²) in [5.74, 6) is -0.0879. The number of amides is 1. The molecule has 3 aliphatic rings. The highest BCUT2D eigenvalue weighted by molar-refractivity contribution is 7.89. The molecule has 1 aliphatic heterocycles. The third-order valence-corrected chi connectivity index (χ3v) is 8.79. The number of nitrogens with one attached hydrogen (secondary N) is 2. The first-order chi connectivity index (χ1) is 16.8.